The van der Waals surface area contributed by atoms with Gasteiger partial charge >= 0.3 is 0 Å². The minimum Gasteiger partial charge on any atom is -0.494 e. The fourth-order valence-electron chi connectivity index (χ4n) is 2.29. The van der Waals surface area contributed by atoms with Crippen LogP contribution in [-0.2, 0) is 16.0 Å². The van der Waals surface area contributed by atoms with Crippen LogP contribution in [0.3, 0.4) is 0 Å². The fraction of sp³-hybridized carbons (Fsp3) is 0.500. The van der Waals surface area contributed by atoms with E-state index < -0.39 is 0 Å². The van der Waals surface area contributed by atoms with Crippen LogP contribution in [0.15, 0.2) is 18.2 Å². The van der Waals surface area contributed by atoms with Crippen LogP contribution in [0.4, 0.5) is 5.69 Å². The van der Waals surface area contributed by atoms with Crippen molar-refractivity contribution in [1.29, 1.82) is 0 Å². The molecule has 0 saturated carbocycles. The molecule has 6 heteroatoms. The third-order valence-corrected chi connectivity index (χ3v) is 3.49. The molecule has 0 fully saturated rings. The van der Waals surface area contributed by atoms with Crippen LogP contribution < -0.4 is 21.1 Å². The van der Waals surface area contributed by atoms with E-state index in [9.17, 15) is 9.59 Å². The Kier molecular flexibility index (Phi) is 6.21. The quantitative estimate of drug-likeness (QED) is 0.629. The zero-order valence-electron chi connectivity index (χ0n) is 12.7. The summed E-state index contributed by atoms with van der Waals surface area (Å²) in [4.78, 5) is 22.8. The van der Waals surface area contributed by atoms with Gasteiger partial charge in [0.2, 0.25) is 11.8 Å². The normalized spacial score (nSPS) is 13.2. The molecule has 4 N–H and O–H groups in total. The Morgan fingerprint density at radius 2 is 2.18 bits per heavy atom. The summed E-state index contributed by atoms with van der Waals surface area (Å²) < 4.78 is 5.66. The lowest BCUT2D eigenvalue weighted by molar-refractivity contribution is -0.121. The van der Waals surface area contributed by atoms with E-state index in [1.165, 1.54) is 0 Å². The summed E-state index contributed by atoms with van der Waals surface area (Å²) in [5.41, 5.74) is 7.32. The minimum absolute atomic E-state index is 0.0326. The summed E-state index contributed by atoms with van der Waals surface area (Å²) in [7, 11) is 0. The van der Waals surface area contributed by atoms with Gasteiger partial charge in [0.05, 0.1) is 6.61 Å². The second-order valence-electron chi connectivity index (χ2n) is 5.31. The molecule has 1 aromatic carbocycles. The first-order valence-corrected chi connectivity index (χ1v) is 7.71. The molecule has 2 rings (SSSR count). The number of carbonyl (C=O) groups excluding carboxylic acids is 2. The molecule has 1 heterocycles. The van der Waals surface area contributed by atoms with Crippen LogP contribution in [0, 0.1) is 0 Å². The van der Waals surface area contributed by atoms with Crippen molar-refractivity contribution < 1.29 is 14.3 Å². The van der Waals surface area contributed by atoms with Crippen LogP contribution in [0.1, 0.15) is 31.2 Å². The van der Waals surface area contributed by atoms with Crippen molar-refractivity contribution >= 4 is 17.5 Å². The molecule has 1 aliphatic heterocycles. The van der Waals surface area contributed by atoms with E-state index in [1.807, 2.05) is 18.2 Å². The van der Waals surface area contributed by atoms with E-state index >= 15 is 0 Å². The van der Waals surface area contributed by atoms with E-state index in [0.29, 0.717) is 39.0 Å². The molecule has 0 atom stereocenters. The molecule has 0 bridgehead atoms. The first kappa shape index (κ1) is 16.3. The van der Waals surface area contributed by atoms with Crippen LogP contribution in [-0.4, -0.2) is 31.5 Å². The molecule has 22 heavy (non-hydrogen) atoms. The van der Waals surface area contributed by atoms with Crippen molar-refractivity contribution in [2.75, 3.05) is 25.0 Å². The predicted molar refractivity (Wildman–Crippen MR) is 84.8 cm³/mol. The van der Waals surface area contributed by atoms with Crippen LogP contribution in [0.5, 0.6) is 5.75 Å². The molecule has 6 nitrogen and oxygen atoms in total. The van der Waals surface area contributed by atoms with Gasteiger partial charge in [-0.15, -0.1) is 0 Å². The van der Waals surface area contributed by atoms with E-state index in [1.54, 1.807) is 0 Å². The summed E-state index contributed by atoms with van der Waals surface area (Å²) in [6, 6.07) is 5.66. The Balaban J connectivity index is 1.69. The number of rotatable bonds is 8. The highest BCUT2D eigenvalue weighted by Gasteiger charge is 2.14. The van der Waals surface area contributed by atoms with Crippen molar-refractivity contribution in [2.24, 2.45) is 5.73 Å². The molecule has 2 amide bonds. The number of benzene rings is 1. The number of fused-ring (bicyclic) bond motifs is 1. The van der Waals surface area contributed by atoms with Crippen molar-refractivity contribution in [3.63, 3.8) is 0 Å². The second kappa shape index (κ2) is 8.38. The monoisotopic (exact) mass is 305 g/mol. The Morgan fingerprint density at radius 1 is 1.32 bits per heavy atom. The standard InChI is InChI=1S/C16H23N3O3/c17-8-2-9-18-15(20)3-1-10-22-13-5-6-14-12(11-13)4-7-16(21)19-14/h5-6,11H,1-4,7-10,17H2,(H,18,20)(H,19,21). The van der Waals surface area contributed by atoms with Gasteiger partial charge in [-0.2, -0.15) is 0 Å². The van der Waals surface area contributed by atoms with Gasteiger partial charge in [-0.3, -0.25) is 9.59 Å². The Hall–Kier alpha value is -2.08. The SMILES string of the molecule is NCCCNC(=O)CCCOc1ccc2c(c1)CCC(=O)N2. The van der Waals surface area contributed by atoms with E-state index in [0.717, 1.165) is 29.8 Å². The minimum atomic E-state index is 0.0326. The summed E-state index contributed by atoms with van der Waals surface area (Å²) in [5, 5.41) is 5.65. The molecule has 0 saturated heterocycles. The molecule has 0 unspecified atom stereocenters. The average molecular weight is 305 g/mol. The summed E-state index contributed by atoms with van der Waals surface area (Å²) >= 11 is 0. The zero-order chi connectivity index (χ0) is 15.8. The van der Waals surface area contributed by atoms with E-state index in [-0.39, 0.29) is 11.8 Å². The van der Waals surface area contributed by atoms with Gasteiger partial charge in [0.1, 0.15) is 5.75 Å². The smallest absolute Gasteiger partial charge is 0.224 e. The van der Waals surface area contributed by atoms with Crippen LogP contribution in [0.25, 0.3) is 0 Å². The summed E-state index contributed by atoms with van der Waals surface area (Å²) in [6.45, 7) is 1.71. The van der Waals surface area contributed by atoms with Gasteiger partial charge in [-0.05, 0) is 49.6 Å². The fourth-order valence-corrected chi connectivity index (χ4v) is 2.29. The molecule has 1 aliphatic rings. The van der Waals surface area contributed by atoms with Gasteiger partial charge in [-0.25, -0.2) is 0 Å². The molecular formula is C16H23N3O3. The Bertz CT molecular complexity index is 531. The number of nitrogens with one attached hydrogen (secondary N) is 2. The summed E-state index contributed by atoms with van der Waals surface area (Å²) in [5.74, 6) is 0.866. The molecule has 0 aromatic heterocycles. The van der Waals surface area contributed by atoms with Gasteiger partial charge in [-0.1, -0.05) is 0 Å². The molecular weight excluding hydrogens is 282 g/mol. The number of carbonyl (C=O) groups is 2. The first-order valence-electron chi connectivity index (χ1n) is 7.71. The van der Waals surface area contributed by atoms with Crippen molar-refractivity contribution in [3.8, 4) is 5.75 Å². The highest BCUT2D eigenvalue weighted by atomic mass is 16.5. The lowest BCUT2D eigenvalue weighted by Gasteiger charge is -2.17. The maximum Gasteiger partial charge on any atom is 0.224 e. The maximum atomic E-state index is 11.5. The topological polar surface area (TPSA) is 93.4 Å². The maximum absolute atomic E-state index is 11.5. The number of hydrogen-bond acceptors (Lipinski definition) is 4. The van der Waals surface area contributed by atoms with Gasteiger partial charge in [0, 0.05) is 25.1 Å². The molecule has 120 valence electrons. The average Bonchev–Trinajstić information content (AvgIpc) is 2.52. The Labute approximate surface area is 130 Å². The van der Waals surface area contributed by atoms with Crippen molar-refractivity contribution in [3.05, 3.63) is 23.8 Å². The lowest BCUT2D eigenvalue weighted by Crippen LogP contribution is -2.26. The third-order valence-electron chi connectivity index (χ3n) is 3.49. The number of amides is 2. The first-order chi connectivity index (χ1) is 10.7. The predicted octanol–water partition coefficient (Wildman–Crippen LogP) is 1.20. The lowest BCUT2D eigenvalue weighted by atomic mass is 10.0. The molecule has 1 aromatic rings. The largest absolute Gasteiger partial charge is 0.494 e. The molecule has 0 spiro atoms. The van der Waals surface area contributed by atoms with E-state index in [4.69, 9.17) is 10.5 Å². The number of anilines is 1. The van der Waals surface area contributed by atoms with Gasteiger partial charge in [0.15, 0.2) is 0 Å². The van der Waals surface area contributed by atoms with Gasteiger partial charge in [0.25, 0.3) is 0 Å². The van der Waals surface area contributed by atoms with E-state index in [2.05, 4.69) is 10.6 Å². The van der Waals surface area contributed by atoms with Crippen LogP contribution >= 0.6 is 0 Å². The third kappa shape index (κ3) is 5.04. The molecule has 0 radical (unpaired) electrons. The zero-order valence-corrected chi connectivity index (χ0v) is 12.7. The van der Waals surface area contributed by atoms with Crippen molar-refractivity contribution in [2.45, 2.75) is 32.1 Å². The number of nitrogens with two attached hydrogens (primary N) is 1. The summed E-state index contributed by atoms with van der Waals surface area (Å²) in [6.07, 6.45) is 3.17. The highest BCUT2D eigenvalue weighted by molar-refractivity contribution is 5.93. The number of aryl methyl sites for hydroxylation is 1. The highest BCUT2D eigenvalue weighted by Crippen LogP contribution is 2.26. The number of ether oxygens (including phenoxy) is 1. The molecule has 0 aliphatic carbocycles. The number of hydrogen-bond donors (Lipinski definition) is 3. The van der Waals surface area contributed by atoms with Crippen LogP contribution in [0.2, 0.25) is 0 Å². The van der Waals surface area contributed by atoms with Gasteiger partial charge < -0.3 is 21.1 Å². The second-order valence-corrected chi connectivity index (χ2v) is 5.31. The Morgan fingerprint density at radius 3 is 3.00 bits per heavy atom. The van der Waals surface area contributed by atoms with Crippen molar-refractivity contribution in [1.82, 2.24) is 5.32 Å².